The molecule has 14 heavy (non-hydrogen) atoms. The van der Waals surface area contributed by atoms with Crippen molar-refractivity contribution in [1.82, 2.24) is 0 Å². The highest BCUT2D eigenvalue weighted by atomic mass is 35.5. The molecule has 1 aliphatic heterocycles. The standard InChI is InChI=1S/C5H11ClO2S.C4H8O/c6-3-5(8)4-9-2-1-7;1-2-4-3-5-4/h5,7-8H,1-4H2;4H,2-3H2,1H3. The Hall–Kier alpha value is 0.520. The zero-order valence-corrected chi connectivity index (χ0v) is 10.1. The Morgan fingerprint density at radius 1 is 1.64 bits per heavy atom. The first-order valence-electron chi connectivity index (χ1n) is 4.78. The summed E-state index contributed by atoms with van der Waals surface area (Å²) in [4.78, 5) is 0. The number of halogens is 1. The molecule has 0 aromatic carbocycles. The second-order valence-corrected chi connectivity index (χ2v) is 4.43. The van der Waals surface area contributed by atoms with Gasteiger partial charge < -0.3 is 14.9 Å². The van der Waals surface area contributed by atoms with Gasteiger partial charge in [0.25, 0.3) is 0 Å². The Kier molecular flexibility index (Phi) is 10.4. The van der Waals surface area contributed by atoms with E-state index in [1.807, 2.05) is 0 Å². The Labute approximate surface area is 94.8 Å². The van der Waals surface area contributed by atoms with Crippen LogP contribution in [0.5, 0.6) is 0 Å². The maximum atomic E-state index is 8.85. The topological polar surface area (TPSA) is 53.0 Å². The minimum absolute atomic E-state index is 0.166. The van der Waals surface area contributed by atoms with Crippen LogP contribution in [-0.2, 0) is 4.74 Å². The summed E-state index contributed by atoms with van der Waals surface area (Å²) in [5.41, 5.74) is 0. The van der Waals surface area contributed by atoms with Gasteiger partial charge in [-0.1, -0.05) is 6.92 Å². The van der Waals surface area contributed by atoms with Crippen LogP contribution in [0.15, 0.2) is 0 Å². The number of aliphatic hydroxyl groups excluding tert-OH is 2. The normalized spacial score (nSPS) is 21.0. The van der Waals surface area contributed by atoms with Crippen LogP contribution < -0.4 is 0 Å². The molecule has 1 heterocycles. The van der Waals surface area contributed by atoms with Gasteiger partial charge in [-0.25, -0.2) is 0 Å². The van der Waals surface area contributed by atoms with Crippen LogP contribution in [0.2, 0.25) is 0 Å². The van der Waals surface area contributed by atoms with Crippen molar-refractivity contribution < 1.29 is 14.9 Å². The van der Waals surface area contributed by atoms with Gasteiger partial charge in [0.2, 0.25) is 0 Å². The molecule has 2 N–H and O–H groups in total. The van der Waals surface area contributed by atoms with Crippen molar-refractivity contribution in [3.8, 4) is 0 Å². The minimum Gasteiger partial charge on any atom is -0.396 e. The van der Waals surface area contributed by atoms with Gasteiger partial charge in [-0.15, -0.1) is 11.6 Å². The van der Waals surface area contributed by atoms with E-state index in [0.717, 1.165) is 6.61 Å². The molecule has 0 spiro atoms. The molecule has 3 nitrogen and oxygen atoms in total. The Morgan fingerprint density at radius 3 is 2.57 bits per heavy atom. The van der Waals surface area contributed by atoms with Gasteiger partial charge in [0, 0.05) is 17.4 Å². The van der Waals surface area contributed by atoms with Crippen molar-refractivity contribution >= 4 is 23.4 Å². The van der Waals surface area contributed by atoms with Gasteiger partial charge in [-0.2, -0.15) is 11.8 Å². The third-order valence-electron chi connectivity index (χ3n) is 1.58. The Morgan fingerprint density at radius 2 is 2.29 bits per heavy atom. The number of hydrogen-bond acceptors (Lipinski definition) is 4. The van der Waals surface area contributed by atoms with Crippen LogP contribution in [-0.4, -0.2) is 53.0 Å². The molecular weight excluding hydrogens is 224 g/mol. The van der Waals surface area contributed by atoms with E-state index in [1.165, 1.54) is 18.2 Å². The molecule has 0 aliphatic carbocycles. The van der Waals surface area contributed by atoms with Gasteiger partial charge in [0.15, 0.2) is 0 Å². The number of alkyl halides is 1. The first-order chi connectivity index (χ1) is 6.74. The van der Waals surface area contributed by atoms with Crippen molar-refractivity contribution in [2.45, 2.75) is 25.6 Å². The van der Waals surface area contributed by atoms with E-state index in [-0.39, 0.29) is 12.5 Å². The summed E-state index contributed by atoms with van der Waals surface area (Å²) in [5.74, 6) is 1.57. The fourth-order valence-corrected chi connectivity index (χ4v) is 1.56. The van der Waals surface area contributed by atoms with Gasteiger partial charge in [-0.3, -0.25) is 0 Å². The van der Waals surface area contributed by atoms with Crippen molar-refractivity contribution in [1.29, 1.82) is 0 Å². The quantitative estimate of drug-likeness (QED) is 0.416. The molecule has 1 saturated heterocycles. The summed E-state index contributed by atoms with van der Waals surface area (Å²) < 4.78 is 4.86. The molecule has 86 valence electrons. The monoisotopic (exact) mass is 242 g/mol. The van der Waals surface area contributed by atoms with E-state index in [9.17, 15) is 0 Å². The summed E-state index contributed by atoms with van der Waals surface area (Å²) in [6.45, 7) is 3.31. The van der Waals surface area contributed by atoms with Crippen molar-refractivity contribution in [2.24, 2.45) is 0 Å². The predicted molar refractivity (Wildman–Crippen MR) is 61.2 cm³/mol. The fourth-order valence-electron chi connectivity index (χ4n) is 0.632. The first-order valence-corrected chi connectivity index (χ1v) is 6.47. The van der Waals surface area contributed by atoms with E-state index < -0.39 is 6.10 Å². The van der Waals surface area contributed by atoms with E-state index in [1.54, 1.807) is 0 Å². The minimum atomic E-state index is -0.428. The SMILES string of the molecule is CCC1CO1.OCCSCC(O)CCl. The van der Waals surface area contributed by atoms with E-state index in [4.69, 9.17) is 26.6 Å². The van der Waals surface area contributed by atoms with Gasteiger partial charge in [0.1, 0.15) is 0 Å². The van der Waals surface area contributed by atoms with Crippen molar-refractivity contribution in [3.63, 3.8) is 0 Å². The third-order valence-corrected chi connectivity index (χ3v) is 3.03. The molecule has 0 aromatic rings. The van der Waals surface area contributed by atoms with Gasteiger partial charge in [0.05, 0.1) is 25.4 Å². The zero-order chi connectivity index (χ0) is 10.8. The van der Waals surface area contributed by atoms with Crippen molar-refractivity contribution in [3.05, 3.63) is 0 Å². The van der Waals surface area contributed by atoms with Crippen LogP contribution >= 0.6 is 23.4 Å². The number of thioether (sulfide) groups is 1. The molecule has 0 amide bonds. The largest absolute Gasteiger partial charge is 0.396 e. The number of aliphatic hydroxyl groups is 2. The summed E-state index contributed by atoms with van der Waals surface area (Å²) in [6, 6.07) is 0. The molecule has 0 aromatic heterocycles. The highest BCUT2D eigenvalue weighted by molar-refractivity contribution is 7.99. The highest BCUT2D eigenvalue weighted by Gasteiger charge is 2.18. The average Bonchev–Trinajstić information content (AvgIpc) is 3.02. The predicted octanol–water partition coefficient (Wildman–Crippen LogP) is 1.11. The maximum absolute atomic E-state index is 8.85. The van der Waals surface area contributed by atoms with E-state index in [2.05, 4.69) is 6.92 Å². The summed E-state index contributed by atoms with van der Waals surface area (Å²) in [7, 11) is 0. The lowest BCUT2D eigenvalue weighted by Gasteiger charge is -2.03. The van der Waals surface area contributed by atoms with Gasteiger partial charge in [-0.05, 0) is 6.42 Å². The molecule has 5 heteroatoms. The maximum Gasteiger partial charge on any atom is 0.0807 e. The molecule has 0 radical (unpaired) electrons. The highest BCUT2D eigenvalue weighted by Crippen LogP contribution is 2.10. The summed E-state index contributed by atoms with van der Waals surface area (Å²) in [6.07, 6.45) is 1.40. The third kappa shape index (κ3) is 10.6. The smallest absolute Gasteiger partial charge is 0.0807 e. The lowest BCUT2D eigenvalue weighted by molar-refractivity contribution is 0.223. The van der Waals surface area contributed by atoms with Crippen LogP contribution in [0.1, 0.15) is 13.3 Å². The van der Waals surface area contributed by atoms with Gasteiger partial charge >= 0.3 is 0 Å². The lowest BCUT2D eigenvalue weighted by Crippen LogP contribution is -2.11. The number of epoxide rings is 1. The van der Waals surface area contributed by atoms with E-state index >= 15 is 0 Å². The molecule has 0 bridgehead atoms. The second kappa shape index (κ2) is 10.1. The molecular formula is C9H19ClO3S. The summed E-state index contributed by atoms with van der Waals surface area (Å²) >= 11 is 6.81. The number of rotatable bonds is 6. The Balaban J connectivity index is 0.000000280. The molecule has 1 aliphatic rings. The molecule has 2 atom stereocenters. The Bertz CT molecular complexity index is 123. The van der Waals surface area contributed by atoms with Crippen molar-refractivity contribution in [2.75, 3.05) is 30.6 Å². The first kappa shape index (κ1) is 14.5. The van der Waals surface area contributed by atoms with Crippen LogP contribution in [0, 0.1) is 0 Å². The van der Waals surface area contributed by atoms with Crippen LogP contribution in [0.25, 0.3) is 0 Å². The number of hydrogen-bond donors (Lipinski definition) is 2. The average molecular weight is 243 g/mol. The number of ether oxygens (including phenoxy) is 1. The molecule has 2 unspecified atom stereocenters. The van der Waals surface area contributed by atoms with Crippen LogP contribution in [0.3, 0.4) is 0 Å². The fraction of sp³-hybridized carbons (Fsp3) is 1.00. The van der Waals surface area contributed by atoms with E-state index in [0.29, 0.717) is 17.6 Å². The molecule has 1 fully saturated rings. The summed E-state index contributed by atoms with van der Waals surface area (Å²) in [5, 5.41) is 17.2. The zero-order valence-electron chi connectivity index (χ0n) is 8.49. The lowest BCUT2D eigenvalue weighted by atomic mass is 10.4. The molecule has 0 saturated carbocycles. The molecule has 1 rings (SSSR count). The van der Waals surface area contributed by atoms with Crippen LogP contribution in [0.4, 0.5) is 0 Å². The second-order valence-electron chi connectivity index (χ2n) is 2.97.